The molecule has 1 aromatic carbocycles. The summed E-state index contributed by atoms with van der Waals surface area (Å²) in [5, 5.41) is 14.8. The number of anilines is 1. The van der Waals surface area contributed by atoms with E-state index in [0.29, 0.717) is 23.6 Å². The summed E-state index contributed by atoms with van der Waals surface area (Å²) < 4.78 is 0. The zero-order chi connectivity index (χ0) is 15.8. The van der Waals surface area contributed by atoms with Crippen LogP contribution in [0.2, 0.25) is 0 Å². The van der Waals surface area contributed by atoms with Crippen LogP contribution in [0.3, 0.4) is 0 Å². The number of amides is 1. The molecule has 5 heteroatoms. The Hall–Kier alpha value is -1.93. The Labute approximate surface area is 136 Å². The maximum Gasteiger partial charge on any atom is 0.226 e. The van der Waals surface area contributed by atoms with Crippen LogP contribution in [0.5, 0.6) is 0 Å². The molecule has 2 rings (SSSR count). The van der Waals surface area contributed by atoms with Crippen LogP contribution in [0, 0.1) is 17.2 Å². The van der Waals surface area contributed by atoms with Gasteiger partial charge in [-0.2, -0.15) is 5.26 Å². The second-order valence-corrected chi connectivity index (χ2v) is 6.15. The third kappa shape index (κ3) is 5.45. The number of hydrogen-bond acceptors (Lipinski definition) is 3. The third-order valence-corrected chi connectivity index (χ3v) is 4.21. The van der Waals surface area contributed by atoms with Gasteiger partial charge in [0.1, 0.15) is 0 Å². The Morgan fingerprint density at radius 2 is 2.09 bits per heavy atom. The minimum atomic E-state index is -0.0421. The molecule has 0 aliphatic heterocycles. The van der Waals surface area contributed by atoms with Gasteiger partial charge in [-0.25, -0.2) is 0 Å². The summed E-state index contributed by atoms with van der Waals surface area (Å²) in [7, 11) is 0. The summed E-state index contributed by atoms with van der Waals surface area (Å²) in [5.41, 5.74) is 1.26. The van der Waals surface area contributed by atoms with E-state index in [1.807, 2.05) is 0 Å². The Bertz CT molecular complexity index is 574. The average molecular weight is 315 g/mol. The minimum absolute atomic E-state index is 0.0421. The van der Waals surface area contributed by atoms with Gasteiger partial charge in [-0.1, -0.05) is 38.2 Å². The molecular weight excluding hydrogens is 294 g/mol. The molecule has 0 radical (unpaired) electrons. The van der Waals surface area contributed by atoms with Gasteiger partial charge in [0.15, 0.2) is 5.11 Å². The van der Waals surface area contributed by atoms with E-state index in [1.165, 1.54) is 32.1 Å². The zero-order valence-electron chi connectivity index (χ0n) is 12.6. The monoisotopic (exact) mass is 315 g/mol. The number of hydrogen-bond donors (Lipinski definition) is 2. The molecule has 1 aliphatic rings. The van der Waals surface area contributed by atoms with E-state index in [0.717, 1.165) is 6.42 Å². The summed E-state index contributed by atoms with van der Waals surface area (Å²) >= 11 is 5.14. The van der Waals surface area contributed by atoms with Gasteiger partial charge in [-0.15, -0.1) is 0 Å². The van der Waals surface area contributed by atoms with Crippen LogP contribution in [-0.2, 0) is 4.79 Å². The Morgan fingerprint density at radius 1 is 1.32 bits per heavy atom. The first kappa shape index (κ1) is 16.4. The molecule has 1 aromatic rings. The van der Waals surface area contributed by atoms with E-state index >= 15 is 0 Å². The van der Waals surface area contributed by atoms with Crippen LogP contribution in [0.4, 0.5) is 5.69 Å². The molecule has 0 unspecified atom stereocenters. The van der Waals surface area contributed by atoms with E-state index in [1.54, 1.807) is 24.3 Å². The Kier molecular flexibility index (Phi) is 6.35. The first-order chi connectivity index (χ1) is 10.7. The van der Waals surface area contributed by atoms with Crippen molar-refractivity contribution in [2.24, 2.45) is 5.92 Å². The Morgan fingerprint density at radius 3 is 2.82 bits per heavy atom. The first-order valence-corrected chi connectivity index (χ1v) is 8.19. The molecule has 2 N–H and O–H groups in total. The highest BCUT2D eigenvalue weighted by atomic mass is 32.1. The predicted octanol–water partition coefficient (Wildman–Crippen LogP) is 3.73. The van der Waals surface area contributed by atoms with Gasteiger partial charge >= 0.3 is 0 Å². The van der Waals surface area contributed by atoms with Gasteiger partial charge in [-0.05, 0) is 42.8 Å². The summed E-state index contributed by atoms with van der Waals surface area (Å²) in [6.45, 7) is 0. The van der Waals surface area contributed by atoms with Crippen LogP contribution >= 0.6 is 12.2 Å². The van der Waals surface area contributed by atoms with Crippen molar-refractivity contribution in [3.8, 4) is 6.07 Å². The molecule has 22 heavy (non-hydrogen) atoms. The fraction of sp³-hybridized carbons (Fsp3) is 0.471. The highest BCUT2D eigenvalue weighted by Gasteiger charge is 2.15. The van der Waals surface area contributed by atoms with Crippen molar-refractivity contribution in [3.05, 3.63) is 29.8 Å². The van der Waals surface area contributed by atoms with Crippen LogP contribution in [0.1, 0.15) is 50.5 Å². The zero-order valence-corrected chi connectivity index (χ0v) is 13.4. The number of rotatable bonds is 4. The second kappa shape index (κ2) is 8.50. The minimum Gasteiger partial charge on any atom is -0.332 e. The molecule has 1 amide bonds. The SMILES string of the molecule is N#Cc1cccc(NC(=S)NC(=O)CCC2CCCCC2)c1. The summed E-state index contributed by atoms with van der Waals surface area (Å²) in [5.74, 6) is 0.646. The molecule has 1 aliphatic carbocycles. The highest BCUT2D eigenvalue weighted by molar-refractivity contribution is 7.80. The standard InChI is InChI=1S/C17H21N3OS/c18-12-14-7-4-8-15(11-14)19-17(22)20-16(21)10-9-13-5-2-1-3-6-13/h4,7-8,11,13H,1-3,5-6,9-10H2,(H2,19,20,21,22). The normalized spacial score (nSPS) is 14.9. The van der Waals surface area contributed by atoms with Gasteiger partial charge in [0.25, 0.3) is 0 Å². The summed E-state index contributed by atoms with van der Waals surface area (Å²) in [4.78, 5) is 11.9. The lowest BCUT2D eigenvalue weighted by molar-refractivity contribution is -0.120. The first-order valence-electron chi connectivity index (χ1n) is 7.78. The van der Waals surface area contributed by atoms with Crippen LogP contribution in [0.25, 0.3) is 0 Å². The van der Waals surface area contributed by atoms with Crippen molar-refractivity contribution in [3.63, 3.8) is 0 Å². The van der Waals surface area contributed by atoms with Crippen LogP contribution in [0.15, 0.2) is 24.3 Å². The van der Waals surface area contributed by atoms with Gasteiger partial charge in [0.05, 0.1) is 11.6 Å². The number of nitriles is 1. The molecule has 1 saturated carbocycles. The van der Waals surface area contributed by atoms with Crippen molar-refractivity contribution in [1.82, 2.24) is 5.32 Å². The number of nitrogens with one attached hydrogen (secondary N) is 2. The van der Waals surface area contributed by atoms with Crippen LogP contribution < -0.4 is 10.6 Å². The number of carbonyl (C=O) groups excluding carboxylic acids is 1. The number of nitrogens with zero attached hydrogens (tertiary/aromatic N) is 1. The maximum atomic E-state index is 11.9. The molecule has 0 atom stereocenters. The number of carbonyl (C=O) groups is 1. The predicted molar refractivity (Wildman–Crippen MR) is 91.3 cm³/mol. The van der Waals surface area contributed by atoms with Gasteiger partial charge in [-0.3, -0.25) is 4.79 Å². The molecular formula is C17H21N3OS. The van der Waals surface area contributed by atoms with Crippen molar-refractivity contribution in [2.75, 3.05) is 5.32 Å². The fourth-order valence-corrected chi connectivity index (χ4v) is 3.06. The lowest BCUT2D eigenvalue weighted by Crippen LogP contribution is -2.34. The van der Waals surface area contributed by atoms with Gasteiger partial charge in [0, 0.05) is 12.1 Å². The van der Waals surface area contributed by atoms with Gasteiger partial charge in [0.2, 0.25) is 5.91 Å². The third-order valence-electron chi connectivity index (χ3n) is 4.01. The van der Waals surface area contributed by atoms with E-state index < -0.39 is 0 Å². The quantitative estimate of drug-likeness (QED) is 0.831. The largest absolute Gasteiger partial charge is 0.332 e. The smallest absolute Gasteiger partial charge is 0.226 e. The van der Waals surface area contributed by atoms with Crippen LogP contribution in [-0.4, -0.2) is 11.0 Å². The van der Waals surface area contributed by atoms with E-state index in [2.05, 4.69) is 16.7 Å². The molecule has 116 valence electrons. The number of thiocarbonyl (C=S) groups is 1. The van der Waals surface area contributed by atoms with Crippen molar-refractivity contribution in [1.29, 1.82) is 5.26 Å². The fourth-order valence-electron chi connectivity index (χ4n) is 2.83. The molecule has 0 spiro atoms. The van der Waals surface area contributed by atoms with Gasteiger partial charge < -0.3 is 10.6 Å². The average Bonchev–Trinajstić information content (AvgIpc) is 2.54. The summed E-state index contributed by atoms with van der Waals surface area (Å²) in [6.07, 6.45) is 7.87. The molecule has 4 nitrogen and oxygen atoms in total. The van der Waals surface area contributed by atoms with E-state index in [9.17, 15) is 4.79 Å². The molecule has 0 aromatic heterocycles. The molecule has 1 fully saturated rings. The molecule has 0 saturated heterocycles. The van der Waals surface area contributed by atoms with Crippen molar-refractivity contribution in [2.45, 2.75) is 44.9 Å². The van der Waals surface area contributed by atoms with Crippen molar-refractivity contribution < 1.29 is 4.79 Å². The topological polar surface area (TPSA) is 64.9 Å². The second-order valence-electron chi connectivity index (χ2n) is 5.74. The number of benzene rings is 1. The lowest BCUT2D eigenvalue weighted by Gasteiger charge is -2.21. The van der Waals surface area contributed by atoms with Crippen molar-refractivity contribution >= 4 is 28.9 Å². The molecule has 0 heterocycles. The van der Waals surface area contributed by atoms with E-state index in [4.69, 9.17) is 17.5 Å². The van der Waals surface area contributed by atoms with E-state index in [-0.39, 0.29) is 11.0 Å². The molecule has 0 bridgehead atoms. The Balaban J connectivity index is 1.73. The lowest BCUT2D eigenvalue weighted by atomic mass is 9.86. The maximum absolute atomic E-state index is 11.9. The summed E-state index contributed by atoms with van der Waals surface area (Å²) in [6, 6.07) is 9.06. The highest BCUT2D eigenvalue weighted by Crippen LogP contribution is 2.27.